The van der Waals surface area contributed by atoms with Gasteiger partial charge in [0.1, 0.15) is 5.75 Å². The topological polar surface area (TPSA) is 58.6 Å². The average molecular weight is 352 g/mol. The molecular weight excluding hydrogens is 328 g/mol. The van der Waals surface area contributed by atoms with Crippen molar-refractivity contribution >= 4 is 17.5 Å². The number of rotatable bonds is 5. The summed E-state index contributed by atoms with van der Waals surface area (Å²) in [6.45, 7) is 7.17. The molecular formula is C21H24N2O3. The molecule has 1 aliphatic rings. The lowest BCUT2D eigenvalue weighted by Crippen LogP contribution is -2.38. The Bertz CT molecular complexity index is 830. The molecule has 0 aromatic heterocycles. The van der Waals surface area contributed by atoms with Crippen molar-refractivity contribution in [2.45, 2.75) is 27.3 Å². The number of benzene rings is 2. The van der Waals surface area contributed by atoms with Crippen LogP contribution in [0.5, 0.6) is 5.75 Å². The van der Waals surface area contributed by atoms with Crippen LogP contribution in [0.4, 0.5) is 5.69 Å². The van der Waals surface area contributed by atoms with Gasteiger partial charge in [0, 0.05) is 12.1 Å². The van der Waals surface area contributed by atoms with Gasteiger partial charge < -0.3 is 15.0 Å². The number of hydrogen-bond donors (Lipinski definition) is 1. The molecule has 2 aromatic rings. The van der Waals surface area contributed by atoms with E-state index in [0.29, 0.717) is 30.3 Å². The Kier molecular flexibility index (Phi) is 5.26. The van der Waals surface area contributed by atoms with E-state index >= 15 is 0 Å². The van der Waals surface area contributed by atoms with Crippen molar-refractivity contribution in [1.82, 2.24) is 5.32 Å². The molecule has 0 saturated carbocycles. The molecule has 136 valence electrons. The van der Waals surface area contributed by atoms with Crippen LogP contribution >= 0.6 is 0 Å². The fourth-order valence-corrected chi connectivity index (χ4v) is 2.88. The number of nitrogens with one attached hydrogen (secondary N) is 1. The van der Waals surface area contributed by atoms with E-state index in [2.05, 4.69) is 19.2 Å². The van der Waals surface area contributed by atoms with E-state index in [-0.39, 0.29) is 18.4 Å². The summed E-state index contributed by atoms with van der Waals surface area (Å²) in [5.74, 6) is 0.928. The van der Waals surface area contributed by atoms with Crippen LogP contribution in [0.1, 0.15) is 35.3 Å². The van der Waals surface area contributed by atoms with Gasteiger partial charge in [0.05, 0.1) is 12.2 Å². The normalized spacial score (nSPS) is 13.4. The summed E-state index contributed by atoms with van der Waals surface area (Å²) >= 11 is 0. The summed E-state index contributed by atoms with van der Waals surface area (Å²) in [4.78, 5) is 26.4. The Morgan fingerprint density at radius 3 is 2.81 bits per heavy atom. The molecule has 0 bridgehead atoms. The zero-order chi connectivity index (χ0) is 18.7. The van der Waals surface area contributed by atoms with E-state index in [1.54, 1.807) is 11.0 Å². The summed E-state index contributed by atoms with van der Waals surface area (Å²) in [5.41, 5.74) is 3.35. The van der Waals surface area contributed by atoms with Crippen molar-refractivity contribution in [2.24, 2.45) is 5.92 Å². The lowest BCUT2D eigenvalue weighted by molar-refractivity contribution is -0.121. The van der Waals surface area contributed by atoms with Crippen molar-refractivity contribution in [3.8, 4) is 5.75 Å². The minimum Gasteiger partial charge on any atom is -0.482 e. The molecule has 0 fully saturated rings. The number of hydrogen-bond acceptors (Lipinski definition) is 3. The van der Waals surface area contributed by atoms with E-state index in [1.165, 1.54) is 0 Å². The van der Waals surface area contributed by atoms with Gasteiger partial charge in [-0.2, -0.15) is 0 Å². The smallest absolute Gasteiger partial charge is 0.265 e. The van der Waals surface area contributed by atoms with Gasteiger partial charge in [0.15, 0.2) is 6.61 Å². The lowest BCUT2D eigenvalue weighted by Gasteiger charge is -2.29. The number of anilines is 1. The van der Waals surface area contributed by atoms with Gasteiger partial charge >= 0.3 is 0 Å². The fourth-order valence-electron chi connectivity index (χ4n) is 2.88. The Labute approximate surface area is 154 Å². The predicted molar refractivity (Wildman–Crippen MR) is 101 cm³/mol. The summed E-state index contributed by atoms with van der Waals surface area (Å²) in [6, 6.07) is 13.2. The fraction of sp³-hybridized carbons (Fsp3) is 0.333. The zero-order valence-corrected chi connectivity index (χ0v) is 15.4. The molecule has 0 atom stereocenters. The second-order valence-corrected chi connectivity index (χ2v) is 7.04. The molecule has 26 heavy (non-hydrogen) atoms. The molecule has 3 rings (SSSR count). The van der Waals surface area contributed by atoms with Crippen LogP contribution in [0.25, 0.3) is 0 Å². The maximum Gasteiger partial charge on any atom is 0.265 e. The number of ether oxygens (including phenoxy) is 1. The van der Waals surface area contributed by atoms with Gasteiger partial charge in [0.25, 0.3) is 11.8 Å². The first-order chi connectivity index (χ1) is 12.4. The van der Waals surface area contributed by atoms with Gasteiger partial charge in [-0.1, -0.05) is 32.0 Å². The highest BCUT2D eigenvalue weighted by Gasteiger charge is 2.25. The minimum absolute atomic E-state index is 0.0324. The van der Waals surface area contributed by atoms with Crippen LogP contribution in [0.15, 0.2) is 42.5 Å². The molecule has 1 aliphatic heterocycles. The van der Waals surface area contributed by atoms with E-state index in [4.69, 9.17) is 4.74 Å². The first kappa shape index (κ1) is 18.0. The first-order valence-electron chi connectivity index (χ1n) is 8.85. The maximum absolute atomic E-state index is 12.4. The second-order valence-electron chi connectivity index (χ2n) is 7.04. The van der Waals surface area contributed by atoms with E-state index < -0.39 is 0 Å². The SMILES string of the molecule is Cc1ccc2c(c1)N(Cc1cccc(C(=O)NCC(C)C)c1)C(=O)CO2. The third kappa shape index (κ3) is 4.04. The molecule has 0 radical (unpaired) electrons. The highest BCUT2D eigenvalue weighted by Crippen LogP contribution is 2.33. The highest BCUT2D eigenvalue weighted by molar-refractivity contribution is 5.98. The van der Waals surface area contributed by atoms with Crippen molar-refractivity contribution < 1.29 is 14.3 Å². The van der Waals surface area contributed by atoms with Crippen molar-refractivity contribution in [3.63, 3.8) is 0 Å². The monoisotopic (exact) mass is 352 g/mol. The van der Waals surface area contributed by atoms with Crippen LogP contribution in [0.3, 0.4) is 0 Å². The van der Waals surface area contributed by atoms with Crippen molar-refractivity contribution in [1.29, 1.82) is 0 Å². The molecule has 1 N–H and O–H groups in total. The second kappa shape index (κ2) is 7.60. The molecule has 0 saturated heterocycles. The molecule has 1 heterocycles. The van der Waals surface area contributed by atoms with E-state index in [9.17, 15) is 9.59 Å². The van der Waals surface area contributed by atoms with E-state index in [1.807, 2.05) is 43.3 Å². The number of amides is 2. The quantitative estimate of drug-likeness (QED) is 0.898. The largest absolute Gasteiger partial charge is 0.482 e. The third-order valence-corrected chi connectivity index (χ3v) is 4.26. The number of aryl methyl sites for hydroxylation is 1. The van der Waals surface area contributed by atoms with Gasteiger partial charge in [-0.25, -0.2) is 0 Å². The van der Waals surface area contributed by atoms with Crippen LogP contribution in [-0.2, 0) is 11.3 Å². The highest BCUT2D eigenvalue weighted by atomic mass is 16.5. The zero-order valence-electron chi connectivity index (χ0n) is 15.4. The first-order valence-corrected chi connectivity index (χ1v) is 8.85. The van der Waals surface area contributed by atoms with Gasteiger partial charge in [0.2, 0.25) is 0 Å². The molecule has 5 nitrogen and oxygen atoms in total. The summed E-state index contributed by atoms with van der Waals surface area (Å²) in [7, 11) is 0. The lowest BCUT2D eigenvalue weighted by atomic mass is 10.1. The van der Waals surface area contributed by atoms with Gasteiger partial charge in [-0.15, -0.1) is 0 Å². The predicted octanol–water partition coefficient (Wildman–Crippen LogP) is 3.31. The Balaban J connectivity index is 1.81. The Morgan fingerprint density at radius 2 is 2.04 bits per heavy atom. The van der Waals surface area contributed by atoms with Crippen molar-refractivity contribution in [2.75, 3.05) is 18.1 Å². The molecule has 0 unspecified atom stereocenters. The van der Waals surface area contributed by atoms with Crippen LogP contribution < -0.4 is 15.0 Å². The molecule has 5 heteroatoms. The molecule has 0 spiro atoms. The summed E-state index contributed by atoms with van der Waals surface area (Å²) < 4.78 is 5.52. The number of carbonyl (C=O) groups excluding carboxylic acids is 2. The van der Waals surface area contributed by atoms with Crippen LogP contribution in [0, 0.1) is 12.8 Å². The summed E-state index contributed by atoms with van der Waals surface area (Å²) in [5, 5.41) is 2.92. The van der Waals surface area contributed by atoms with Crippen LogP contribution in [0.2, 0.25) is 0 Å². The van der Waals surface area contributed by atoms with Crippen LogP contribution in [-0.4, -0.2) is 25.0 Å². The minimum atomic E-state index is -0.0925. The Hall–Kier alpha value is -2.82. The van der Waals surface area contributed by atoms with Gasteiger partial charge in [-0.3, -0.25) is 9.59 Å². The number of carbonyl (C=O) groups is 2. The van der Waals surface area contributed by atoms with Gasteiger partial charge in [-0.05, 0) is 48.2 Å². The molecule has 2 amide bonds. The maximum atomic E-state index is 12.4. The standard InChI is InChI=1S/C21H24N2O3/c1-14(2)11-22-21(25)17-6-4-5-16(10-17)12-23-18-9-15(3)7-8-19(18)26-13-20(23)24/h4-10,14H,11-13H2,1-3H3,(H,22,25). The van der Waals surface area contributed by atoms with E-state index in [0.717, 1.165) is 16.8 Å². The number of fused-ring (bicyclic) bond motifs is 1. The third-order valence-electron chi connectivity index (χ3n) is 4.26. The van der Waals surface area contributed by atoms with Crippen molar-refractivity contribution in [3.05, 3.63) is 59.2 Å². The Morgan fingerprint density at radius 1 is 1.23 bits per heavy atom. The number of nitrogens with zero attached hydrogens (tertiary/aromatic N) is 1. The molecule has 0 aliphatic carbocycles. The summed E-state index contributed by atoms with van der Waals surface area (Å²) in [6.07, 6.45) is 0. The molecule has 2 aromatic carbocycles. The average Bonchev–Trinajstić information content (AvgIpc) is 2.62.